The molecule has 1 amide bonds. The van der Waals surface area contributed by atoms with E-state index in [1.54, 1.807) is 6.20 Å². The molecule has 118 valence electrons. The molecule has 0 aliphatic rings. The molecule has 2 aromatic rings. The number of H-pyrrole nitrogens is 1. The van der Waals surface area contributed by atoms with Crippen molar-refractivity contribution in [2.75, 3.05) is 0 Å². The molecule has 0 fully saturated rings. The third-order valence-electron chi connectivity index (χ3n) is 2.87. The molecule has 1 atom stereocenters. The molecule has 6 heteroatoms. The highest BCUT2D eigenvalue weighted by Gasteiger charge is 2.22. The van der Waals surface area contributed by atoms with Crippen molar-refractivity contribution in [1.82, 2.24) is 15.3 Å². The summed E-state index contributed by atoms with van der Waals surface area (Å²) in [6.07, 6.45) is 1.84. The van der Waals surface area contributed by atoms with Crippen LogP contribution in [0.25, 0.3) is 0 Å². The maximum atomic E-state index is 12.1. The van der Waals surface area contributed by atoms with Crippen molar-refractivity contribution in [1.29, 1.82) is 0 Å². The van der Waals surface area contributed by atoms with Gasteiger partial charge in [-0.2, -0.15) is 0 Å². The van der Waals surface area contributed by atoms with Crippen molar-refractivity contribution in [3.8, 4) is 0 Å². The molecule has 0 radical (unpaired) electrons. The van der Waals surface area contributed by atoms with Crippen LogP contribution in [0.5, 0.6) is 0 Å². The molecular weight excluding hydrogens is 346 g/mol. The normalized spacial score (nSPS) is 12.7. The molecule has 0 aliphatic heterocycles. The van der Waals surface area contributed by atoms with E-state index in [1.165, 1.54) is 0 Å². The van der Waals surface area contributed by atoms with Crippen LogP contribution in [0.1, 0.15) is 38.2 Å². The number of ether oxygens (including phenoxy) is 1. The molecule has 0 bridgehead atoms. The first kappa shape index (κ1) is 16.5. The lowest BCUT2D eigenvalue weighted by atomic mass is 10.1. The number of hydrogen-bond donors (Lipinski definition) is 2. The SMILES string of the molecule is CC(C)(C)OC(=O)NC(Cc1ccccc1)c1ncc(Br)[nH]1. The van der Waals surface area contributed by atoms with Gasteiger partial charge in [0.1, 0.15) is 16.0 Å². The largest absolute Gasteiger partial charge is 0.444 e. The summed E-state index contributed by atoms with van der Waals surface area (Å²) in [5, 5.41) is 2.88. The van der Waals surface area contributed by atoms with Crippen LogP contribution in [-0.4, -0.2) is 21.7 Å². The van der Waals surface area contributed by atoms with Crippen molar-refractivity contribution < 1.29 is 9.53 Å². The van der Waals surface area contributed by atoms with Gasteiger partial charge in [0.25, 0.3) is 0 Å². The zero-order chi connectivity index (χ0) is 16.2. The quantitative estimate of drug-likeness (QED) is 0.860. The Bertz CT molecular complexity index is 620. The molecule has 2 N–H and O–H groups in total. The Labute approximate surface area is 138 Å². The van der Waals surface area contributed by atoms with E-state index in [4.69, 9.17) is 4.74 Å². The number of benzene rings is 1. The molecule has 1 heterocycles. The lowest BCUT2D eigenvalue weighted by Gasteiger charge is -2.23. The van der Waals surface area contributed by atoms with Gasteiger partial charge >= 0.3 is 6.09 Å². The smallest absolute Gasteiger partial charge is 0.408 e. The van der Waals surface area contributed by atoms with Gasteiger partial charge in [0, 0.05) is 6.42 Å². The number of hydrogen-bond acceptors (Lipinski definition) is 3. The van der Waals surface area contributed by atoms with Gasteiger partial charge in [-0.05, 0) is 42.3 Å². The topological polar surface area (TPSA) is 67.0 Å². The predicted molar refractivity (Wildman–Crippen MR) is 88.5 cm³/mol. The standard InChI is InChI=1S/C16H20BrN3O2/c1-16(2,3)22-15(21)19-12(14-18-10-13(17)20-14)9-11-7-5-4-6-8-11/h4-8,10,12H,9H2,1-3H3,(H,18,20)(H,19,21). The van der Waals surface area contributed by atoms with Gasteiger partial charge in [0.05, 0.1) is 12.2 Å². The summed E-state index contributed by atoms with van der Waals surface area (Å²) < 4.78 is 6.10. The summed E-state index contributed by atoms with van der Waals surface area (Å²) in [6.45, 7) is 5.51. The molecule has 0 aliphatic carbocycles. The number of imidazole rings is 1. The van der Waals surface area contributed by atoms with E-state index in [-0.39, 0.29) is 6.04 Å². The monoisotopic (exact) mass is 365 g/mol. The van der Waals surface area contributed by atoms with Crippen LogP contribution in [0.3, 0.4) is 0 Å². The second-order valence-corrected chi connectivity index (χ2v) is 6.86. The predicted octanol–water partition coefficient (Wildman–Crippen LogP) is 3.98. The van der Waals surface area contributed by atoms with E-state index in [2.05, 4.69) is 31.2 Å². The van der Waals surface area contributed by atoms with Gasteiger partial charge in [-0.25, -0.2) is 9.78 Å². The van der Waals surface area contributed by atoms with Crippen molar-refractivity contribution in [2.45, 2.75) is 38.8 Å². The van der Waals surface area contributed by atoms with Gasteiger partial charge in [-0.1, -0.05) is 30.3 Å². The average Bonchev–Trinajstić information content (AvgIpc) is 2.84. The molecular formula is C16H20BrN3O2. The van der Waals surface area contributed by atoms with Gasteiger partial charge in [-0.3, -0.25) is 0 Å². The van der Waals surface area contributed by atoms with Crippen LogP contribution in [-0.2, 0) is 11.2 Å². The maximum absolute atomic E-state index is 12.1. The minimum atomic E-state index is -0.537. The van der Waals surface area contributed by atoms with Crippen LogP contribution in [0.15, 0.2) is 41.1 Å². The molecule has 2 rings (SSSR count). The summed E-state index contributed by atoms with van der Waals surface area (Å²) in [5.41, 5.74) is 0.571. The summed E-state index contributed by atoms with van der Waals surface area (Å²) in [6, 6.07) is 9.64. The summed E-state index contributed by atoms with van der Waals surface area (Å²) in [7, 11) is 0. The third-order valence-corrected chi connectivity index (χ3v) is 3.27. The number of carbonyl (C=O) groups excluding carboxylic acids is 1. The number of halogens is 1. The van der Waals surface area contributed by atoms with Gasteiger partial charge in [-0.15, -0.1) is 0 Å². The summed E-state index contributed by atoms with van der Waals surface area (Å²) >= 11 is 3.34. The Hall–Kier alpha value is -1.82. The molecule has 22 heavy (non-hydrogen) atoms. The first-order valence-electron chi connectivity index (χ1n) is 7.07. The van der Waals surface area contributed by atoms with Crippen LogP contribution in [0.4, 0.5) is 4.79 Å². The molecule has 1 aromatic heterocycles. The number of nitrogens with one attached hydrogen (secondary N) is 2. The second kappa shape index (κ2) is 6.96. The van der Waals surface area contributed by atoms with Crippen LogP contribution >= 0.6 is 15.9 Å². The van der Waals surface area contributed by atoms with Crippen molar-refractivity contribution in [3.05, 3.63) is 52.5 Å². The molecule has 5 nitrogen and oxygen atoms in total. The number of amides is 1. The van der Waals surface area contributed by atoms with Gasteiger partial charge in [0.15, 0.2) is 0 Å². The number of alkyl carbamates (subject to hydrolysis) is 1. The Morgan fingerprint density at radius 3 is 2.59 bits per heavy atom. The van der Waals surface area contributed by atoms with E-state index in [1.807, 2.05) is 51.1 Å². The third kappa shape index (κ3) is 5.18. The highest BCUT2D eigenvalue weighted by Crippen LogP contribution is 2.19. The number of aromatic amines is 1. The zero-order valence-electron chi connectivity index (χ0n) is 12.9. The number of carbonyl (C=O) groups is 1. The molecule has 1 unspecified atom stereocenters. The Balaban J connectivity index is 2.13. The molecule has 1 aromatic carbocycles. The van der Waals surface area contributed by atoms with Gasteiger partial charge in [0.2, 0.25) is 0 Å². The van der Waals surface area contributed by atoms with E-state index in [9.17, 15) is 4.79 Å². The Morgan fingerprint density at radius 1 is 1.36 bits per heavy atom. The lowest BCUT2D eigenvalue weighted by Crippen LogP contribution is -2.36. The highest BCUT2D eigenvalue weighted by molar-refractivity contribution is 9.10. The Morgan fingerprint density at radius 2 is 2.05 bits per heavy atom. The number of nitrogens with zero attached hydrogens (tertiary/aromatic N) is 1. The van der Waals surface area contributed by atoms with E-state index in [0.29, 0.717) is 12.2 Å². The Kier molecular flexibility index (Phi) is 5.24. The minimum absolute atomic E-state index is 0.288. The van der Waals surface area contributed by atoms with Crippen molar-refractivity contribution in [2.24, 2.45) is 0 Å². The fourth-order valence-corrected chi connectivity index (χ4v) is 2.31. The van der Waals surface area contributed by atoms with Crippen LogP contribution < -0.4 is 5.32 Å². The minimum Gasteiger partial charge on any atom is -0.444 e. The van der Waals surface area contributed by atoms with Crippen LogP contribution in [0.2, 0.25) is 0 Å². The lowest BCUT2D eigenvalue weighted by molar-refractivity contribution is 0.0501. The average molecular weight is 366 g/mol. The van der Waals surface area contributed by atoms with E-state index in [0.717, 1.165) is 10.2 Å². The number of rotatable bonds is 4. The fourth-order valence-electron chi connectivity index (χ4n) is 2.01. The molecule has 0 saturated carbocycles. The van der Waals surface area contributed by atoms with Crippen molar-refractivity contribution in [3.63, 3.8) is 0 Å². The first-order chi connectivity index (χ1) is 10.3. The van der Waals surface area contributed by atoms with Crippen molar-refractivity contribution >= 4 is 22.0 Å². The molecule has 0 spiro atoms. The van der Waals surface area contributed by atoms with Crippen LogP contribution in [0, 0.1) is 0 Å². The number of aromatic nitrogens is 2. The zero-order valence-corrected chi connectivity index (χ0v) is 14.5. The fraction of sp³-hybridized carbons (Fsp3) is 0.375. The summed E-state index contributed by atoms with van der Waals surface area (Å²) in [4.78, 5) is 19.4. The van der Waals surface area contributed by atoms with E-state index < -0.39 is 11.7 Å². The highest BCUT2D eigenvalue weighted by atomic mass is 79.9. The van der Waals surface area contributed by atoms with E-state index >= 15 is 0 Å². The second-order valence-electron chi connectivity index (χ2n) is 6.00. The van der Waals surface area contributed by atoms with Gasteiger partial charge < -0.3 is 15.0 Å². The summed E-state index contributed by atoms with van der Waals surface area (Å²) in [5.74, 6) is 0.682. The maximum Gasteiger partial charge on any atom is 0.408 e. The first-order valence-corrected chi connectivity index (χ1v) is 7.86. The molecule has 0 saturated heterocycles.